The van der Waals surface area contributed by atoms with E-state index in [1.165, 1.54) is 27.3 Å². The minimum absolute atomic E-state index is 0.747. The molecule has 0 fully saturated rings. The molecule has 5 aromatic rings. The van der Waals surface area contributed by atoms with Crippen LogP contribution in [0.15, 0.2) is 109 Å². The van der Waals surface area contributed by atoms with Crippen molar-refractivity contribution in [3.63, 3.8) is 0 Å². The number of nitrogens with zero attached hydrogens (tertiary/aromatic N) is 1. The van der Waals surface area contributed by atoms with Crippen LogP contribution in [-0.2, 0) is 11.1 Å². The average Bonchev–Trinajstić information content (AvgIpc) is 2.99. The minimum Gasteiger partial charge on any atom is -0.427 e. The fourth-order valence-electron chi connectivity index (χ4n) is 5.29. The first kappa shape index (κ1) is 29.5. The molecule has 42 heavy (non-hydrogen) atoms. The molecule has 0 amide bonds. The number of hydrogen-bond donors (Lipinski definition) is 1. The van der Waals surface area contributed by atoms with E-state index in [1.54, 1.807) is 33.6 Å². The normalized spacial score (nSPS) is 12.3. The largest absolute Gasteiger partial charge is 0.427 e. The molecule has 0 aliphatic heterocycles. The Hall–Kier alpha value is -3.99. The van der Waals surface area contributed by atoms with E-state index in [4.69, 9.17) is 9.65 Å². The molecule has 0 saturated heterocycles. The van der Waals surface area contributed by atoms with Crippen LogP contribution >= 0.6 is 0 Å². The predicted molar refractivity (Wildman–Crippen MR) is 182 cm³/mol. The van der Waals surface area contributed by atoms with Gasteiger partial charge in [-0.1, -0.05) is 105 Å². The van der Waals surface area contributed by atoms with Crippen LogP contribution in [0.5, 0.6) is 0 Å². The smallest absolute Gasteiger partial charge is 0.331 e. The van der Waals surface area contributed by atoms with Crippen LogP contribution in [0.4, 0.5) is 5.69 Å². The summed E-state index contributed by atoms with van der Waals surface area (Å²) in [5.41, 5.74) is 6.05. The second kappa shape index (κ2) is 12.1. The van der Waals surface area contributed by atoms with Gasteiger partial charge >= 0.3 is 7.48 Å². The second-order valence-electron chi connectivity index (χ2n) is 11.9. The number of rotatable bonds is 10. The molecule has 0 aromatic heterocycles. The summed E-state index contributed by atoms with van der Waals surface area (Å²) in [6.07, 6.45) is 5.53. The molecule has 0 heterocycles. The van der Waals surface area contributed by atoms with E-state index in [0.717, 1.165) is 46.1 Å². The minimum atomic E-state index is -0.992. The maximum absolute atomic E-state index is 10.6. The highest BCUT2D eigenvalue weighted by Crippen LogP contribution is 2.40. The zero-order chi connectivity index (χ0) is 29.9. The van der Waals surface area contributed by atoms with Crippen molar-refractivity contribution in [1.29, 1.82) is 0 Å². The molecule has 4 heteroatoms. The first-order valence-corrected chi connectivity index (χ1v) is 14.7. The summed E-state index contributed by atoms with van der Waals surface area (Å²) in [5.74, 6) is 0. The van der Waals surface area contributed by atoms with Gasteiger partial charge in [0.05, 0.1) is 16.9 Å². The lowest BCUT2D eigenvalue weighted by Gasteiger charge is -2.37. The Morgan fingerprint density at radius 3 is 2.21 bits per heavy atom. The van der Waals surface area contributed by atoms with Gasteiger partial charge in [0.15, 0.2) is 0 Å². The first-order chi connectivity index (χ1) is 20.1. The van der Waals surface area contributed by atoms with Crippen molar-refractivity contribution in [2.24, 2.45) is 4.99 Å². The molecule has 0 aliphatic rings. The average molecular weight is 553 g/mol. The zero-order valence-corrected chi connectivity index (χ0v) is 25.3. The van der Waals surface area contributed by atoms with Crippen molar-refractivity contribution in [2.75, 3.05) is 0 Å². The molecule has 0 spiro atoms. The van der Waals surface area contributed by atoms with E-state index in [9.17, 15) is 5.11 Å². The van der Waals surface area contributed by atoms with Crippen molar-refractivity contribution in [3.05, 3.63) is 109 Å². The number of aliphatic imine (C=N–C) groups is 1. The molecule has 0 saturated carbocycles. The van der Waals surface area contributed by atoms with Crippen LogP contribution in [0, 0.1) is 0 Å². The topological polar surface area (TPSA) is 41.8 Å². The molecule has 211 valence electrons. The molecule has 1 N–H and O–H groups in total. The van der Waals surface area contributed by atoms with Crippen LogP contribution in [0.3, 0.4) is 0 Å². The van der Waals surface area contributed by atoms with Gasteiger partial charge in [-0.3, -0.25) is 4.99 Å². The fraction of sp³-hybridized carbons (Fsp3) is 0.237. The summed E-state index contributed by atoms with van der Waals surface area (Å²) in [5, 5.41) is 15.4. The van der Waals surface area contributed by atoms with Gasteiger partial charge in [-0.15, -0.1) is 0 Å². The van der Waals surface area contributed by atoms with Gasteiger partial charge in [0.1, 0.15) is 0 Å². The number of hydrogen-bond acceptors (Lipinski definition) is 3. The quantitative estimate of drug-likeness (QED) is 0.107. The van der Waals surface area contributed by atoms with E-state index in [1.807, 2.05) is 32.0 Å². The highest BCUT2D eigenvalue weighted by Gasteiger charge is 2.35. The molecule has 3 nitrogen and oxygen atoms in total. The monoisotopic (exact) mass is 552 g/mol. The third kappa shape index (κ3) is 5.83. The first-order valence-electron chi connectivity index (χ1n) is 14.7. The van der Waals surface area contributed by atoms with Gasteiger partial charge in [0.2, 0.25) is 0 Å². The van der Waals surface area contributed by atoms with Crippen molar-refractivity contribution in [2.45, 2.75) is 58.7 Å². The SMILES string of the molecule is C=CC=Nc1c(CCC)c2ccc(-c3cccc(-c4ccccc4[B]OC(C)(C)C(C)(C)O)c3)cc2c2ccccc12. The molecular weight excluding hydrogens is 513 g/mol. The van der Waals surface area contributed by atoms with Gasteiger partial charge < -0.3 is 9.76 Å². The third-order valence-electron chi connectivity index (χ3n) is 8.33. The van der Waals surface area contributed by atoms with Crippen LogP contribution in [0.1, 0.15) is 46.6 Å². The Morgan fingerprint density at radius 2 is 1.48 bits per heavy atom. The van der Waals surface area contributed by atoms with Crippen LogP contribution in [0.2, 0.25) is 0 Å². The maximum atomic E-state index is 10.6. The second-order valence-corrected chi connectivity index (χ2v) is 11.9. The maximum Gasteiger partial charge on any atom is 0.331 e. The number of aryl methyl sites for hydroxylation is 1. The Balaban J connectivity index is 1.60. The van der Waals surface area contributed by atoms with Crippen molar-refractivity contribution in [3.8, 4) is 22.3 Å². The number of aliphatic hydroxyl groups is 1. The van der Waals surface area contributed by atoms with E-state index in [-0.39, 0.29) is 0 Å². The lowest BCUT2D eigenvalue weighted by Crippen LogP contribution is -2.49. The third-order valence-corrected chi connectivity index (χ3v) is 8.33. The Kier molecular flexibility index (Phi) is 8.49. The summed E-state index contributed by atoms with van der Waals surface area (Å²) in [4.78, 5) is 4.83. The van der Waals surface area contributed by atoms with Gasteiger partial charge in [-0.25, -0.2) is 0 Å². The van der Waals surface area contributed by atoms with Crippen molar-refractivity contribution in [1.82, 2.24) is 0 Å². The van der Waals surface area contributed by atoms with Crippen molar-refractivity contribution < 1.29 is 9.76 Å². The summed E-state index contributed by atoms with van der Waals surface area (Å²) in [7, 11) is 1.77. The summed E-state index contributed by atoms with van der Waals surface area (Å²) in [6, 6.07) is 32.2. The van der Waals surface area contributed by atoms with Gasteiger partial charge in [-0.05, 0) is 95.7 Å². The van der Waals surface area contributed by atoms with Crippen LogP contribution in [0.25, 0.3) is 43.8 Å². The lowest BCUT2D eigenvalue weighted by atomic mass is 9.78. The summed E-state index contributed by atoms with van der Waals surface area (Å²) < 4.78 is 6.12. The molecule has 0 aliphatic carbocycles. The highest BCUT2D eigenvalue weighted by molar-refractivity contribution is 6.49. The predicted octanol–water partition coefficient (Wildman–Crippen LogP) is 8.98. The van der Waals surface area contributed by atoms with Crippen LogP contribution in [-0.4, -0.2) is 30.0 Å². The van der Waals surface area contributed by atoms with Gasteiger partial charge in [-0.2, -0.15) is 0 Å². The van der Waals surface area contributed by atoms with E-state index in [2.05, 4.69) is 86.3 Å². The molecule has 0 atom stereocenters. The summed E-state index contributed by atoms with van der Waals surface area (Å²) in [6.45, 7) is 13.4. The lowest BCUT2D eigenvalue weighted by molar-refractivity contribution is -0.0893. The Morgan fingerprint density at radius 1 is 0.786 bits per heavy atom. The molecule has 0 unspecified atom stereocenters. The number of fused-ring (bicyclic) bond motifs is 3. The van der Waals surface area contributed by atoms with E-state index < -0.39 is 11.2 Å². The van der Waals surface area contributed by atoms with Gasteiger partial charge in [0, 0.05) is 11.6 Å². The van der Waals surface area contributed by atoms with Crippen LogP contribution < -0.4 is 5.46 Å². The number of benzene rings is 5. The van der Waals surface area contributed by atoms with E-state index in [0.29, 0.717) is 0 Å². The molecule has 0 bridgehead atoms. The van der Waals surface area contributed by atoms with Gasteiger partial charge in [0.25, 0.3) is 0 Å². The van der Waals surface area contributed by atoms with Crippen molar-refractivity contribution >= 4 is 46.4 Å². The standard InChI is InChI=1S/C38H39BNO2/c1-7-14-32-31-22-21-27(25-34(31)30-18-9-10-19-33(30)36(32)40-23-8-2)26-15-13-16-28(24-26)29-17-11-12-20-35(29)39-42-38(5,6)37(3,4)41/h8-13,15-25,41H,2,7,14H2,1,3-6H3. The zero-order valence-electron chi connectivity index (χ0n) is 25.3. The Bertz CT molecular complexity index is 1780. The van der Waals surface area contributed by atoms with E-state index >= 15 is 0 Å². The summed E-state index contributed by atoms with van der Waals surface area (Å²) >= 11 is 0. The molecule has 5 aromatic carbocycles. The highest BCUT2D eigenvalue weighted by atomic mass is 16.5. The fourth-order valence-corrected chi connectivity index (χ4v) is 5.29. The molecule has 5 rings (SSSR count). The molecular formula is C38H39BNO2. The molecule has 1 radical (unpaired) electrons. The number of allylic oxidation sites excluding steroid dienone is 1. The Labute approximate surface area is 250 Å².